The van der Waals surface area contributed by atoms with E-state index in [0.717, 1.165) is 0 Å². The second-order valence-electron chi connectivity index (χ2n) is 4.34. The fourth-order valence-corrected chi connectivity index (χ4v) is 1.80. The molecule has 0 aliphatic rings. The van der Waals surface area contributed by atoms with Crippen molar-refractivity contribution >= 4 is 5.88 Å². The first-order valence-electron chi connectivity index (χ1n) is 5.63. The number of nitrogens with two attached hydrogens (primary N) is 1. The summed E-state index contributed by atoms with van der Waals surface area (Å²) in [5, 5.41) is 3.82. The lowest BCUT2D eigenvalue weighted by Gasteiger charge is -2.12. The van der Waals surface area contributed by atoms with Gasteiger partial charge in [0.15, 0.2) is 0 Å². The number of aromatic nitrogens is 1. The van der Waals surface area contributed by atoms with Gasteiger partial charge in [-0.2, -0.15) is 0 Å². The minimum Gasteiger partial charge on any atom is -0.496 e. The average molecular weight is 250 g/mol. The summed E-state index contributed by atoms with van der Waals surface area (Å²) in [6.07, 6.45) is 0. The van der Waals surface area contributed by atoms with Crippen LogP contribution in [-0.4, -0.2) is 12.3 Å². The smallest absolute Gasteiger partial charge is 0.222 e. The standard InChI is InChI=1S/C13H15FN2O2/c1-7(2)8-4-9(11-6-13(15)18-16-11)12(17-3)5-10(8)14/h4-7H,15H2,1-3H3. The number of halogens is 1. The normalized spacial score (nSPS) is 10.9. The van der Waals surface area contributed by atoms with E-state index in [1.54, 1.807) is 12.1 Å². The molecule has 0 fully saturated rings. The zero-order valence-electron chi connectivity index (χ0n) is 10.5. The topological polar surface area (TPSA) is 61.3 Å². The van der Waals surface area contributed by atoms with E-state index in [2.05, 4.69) is 5.16 Å². The maximum absolute atomic E-state index is 13.8. The Hall–Kier alpha value is -2.04. The van der Waals surface area contributed by atoms with E-state index >= 15 is 0 Å². The highest BCUT2D eigenvalue weighted by molar-refractivity contribution is 5.69. The van der Waals surface area contributed by atoms with E-state index in [4.69, 9.17) is 15.0 Å². The number of anilines is 1. The number of benzene rings is 1. The van der Waals surface area contributed by atoms with Crippen molar-refractivity contribution in [3.05, 3.63) is 29.6 Å². The van der Waals surface area contributed by atoms with Gasteiger partial charge in [0.05, 0.1) is 7.11 Å². The van der Waals surface area contributed by atoms with E-state index in [-0.39, 0.29) is 17.6 Å². The van der Waals surface area contributed by atoms with Crippen molar-refractivity contribution < 1.29 is 13.7 Å². The van der Waals surface area contributed by atoms with Gasteiger partial charge in [0.1, 0.15) is 17.3 Å². The molecule has 5 heteroatoms. The average Bonchev–Trinajstić information content (AvgIpc) is 2.74. The monoisotopic (exact) mass is 250 g/mol. The molecule has 0 amide bonds. The molecule has 0 aliphatic heterocycles. The predicted octanol–water partition coefficient (Wildman–Crippen LogP) is 3.19. The molecule has 2 rings (SSSR count). The van der Waals surface area contributed by atoms with Gasteiger partial charge in [-0.15, -0.1) is 0 Å². The third-order valence-electron chi connectivity index (χ3n) is 2.75. The van der Waals surface area contributed by atoms with Gasteiger partial charge in [-0.25, -0.2) is 4.39 Å². The van der Waals surface area contributed by atoms with Crippen LogP contribution in [0.25, 0.3) is 11.3 Å². The highest BCUT2D eigenvalue weighted by atomic mass is 19.1. The lowest BCUT2D eigenvalue weighted by molar-refractivity contribution is 0.410. The summed E-state index contributed by atoms with van der Waals surface area (Å²) in [4.78, 5) is 0. The molecule has 2 aromatic rings. The predicted molar refractivity (Wildman–Crippen MR) is 67.0 cm³/mol. The molecule has 1 heterocycles. The molecule has 2 N–H and O–H groups in total. The van der Waals surface area contributed by atoms with Crippen LogP contribution in [0.1, 0.15) is 25.3 Å². The highest BCUT2D eigenvalue weighted by Crippen LogP contribution is 2.34. The van der Waals surface area contributed by atoms with Crippen molar-refractivity contribution in [1.29, 1.82) is 0 Å². The Labute approximate surface area is 105 Å². The van der Waals surface area contributed by atoms with Gasteiger partial charge < -0.3 is 15.0 Å². The van der Waals surface area contributed by atoms with Crippen molar-refractivity contribution in [2.75, 3.05) is 12.8 Å². The molecule has 96 valence electrons. The molecule has 0 spiro atoms. The first-order valence-corrected chi connectivity index (χ1v) is 5.63. The maximum Gasteiger partial charge on any atom is 0.222 e. The summed E-state index contributed by atoms with van der Waals surface area (Å²) >= 11 is 0. The summed E-state index contributed by atoms with van der Waals surface area (Å²) in [5.41, 5.74) is 7.30. The van der Waals surface area contributed by atoms with Gasteiger partial charge in [0.25, 0.3) is 0 Å². The van der Waals surface area contributed by atoms with Crippen LogP contribution in [0.2, 0.25) is 0 Å². The molecule has 18 heavy (non-hydrogen) atoms. The summed E-state index contributed by atoms with van der Waals surface area (Å²) in [7, 11) is 1.48. The number of rotatable bonds is 3. The Morgan fingerprint density at radius 2 is 2.06 bits per heavy atom. The minimum absolute atomic E-state index is 0.0684. The first-order chi connectivity index (χ1) is 8.52. The van der Waals surface area contributed by atoms with Gasteiger partial charge in [0, 0.05) is 17.7 Å². The third kappa shape index (κ3) is 2.16. The number of nitrogens with zero attached hydrogens (tertiary/aromatic N) is 1. The summed E-state index contributed by atoms with van der Waals surface area (Å²) < 4.78 is 23.8. The van der Waals surface area contributed by atoms with Gasteiger partial charge in [0.2, 0.25) is 5.88 Å². The molecule has 0 aliphatic carbocycles. The van der Waals surface area contributed by atoms with E-state index in [1.807, 2.05) is 13.8 Å². The minimum atomic E-state index is -0.290. The molecule has 0 saturated heterocycles. The highest BCUT2D eigenvalue weighted by Gasteiger charge is 2.16. The van der Waals surface area contributed by atoms with Crippen molar-refractivity contribution in [3.63, 3.8) is 0 Å². The summed E-state index contributed by atoms with van der Waals surface area (Å²) in [6.45, 7) is 3.84. The molecule has 4 nitrogen and oxygen atoms in total. The number of hydrogen-bond donors (Lipinski definition) is 1. The maximum atomic E-state index is 13.8. The van der Waals surface area contributed by atoms with Crippen LogP contribution in [-0.2, 0) is 0 Å². The Balaban J connectivity index is 2.60. The fraction of sp³-hybridized carbons (Fsp3) is 0.308. The van der Waals surface area contributed by atoms with Crippen LogP contribution in [0, 0.1) is 5.82 Å². The number of nitrogen functional groups attached to an aromatic ring is 1. The quantitative estimate of drug-likeness (QED) is 0.908. The van der Waals surface area contributed by atoms with Crippen LogP contribution < -0.4 is 10.5 Å². The zero-order valence-corrected chi connectivity index (χ0v) is 10.5. The molecule has 0 radical (unpaired) electrons. The van der Waals surface area contributed by atoms with Crippen LogP contribution in [0.15, 0.2) is 22.7 Å². The third-order valence-corrected chi connectivity index (χ3v) is 2.75. The van der Waals surface area contributed by atoms with Gasteiger partial charge in [-0.1, -0.05) is 19.0 Å². The van der Waals surface area contributed by atoms with E-state index in [0.29, 0.717) is 22.6 Å². The summed E-state index contributed by atoms with van der Waals surface area (Å²) in [6, 6.07) is 4.66. The zero-order chi connectivity index (χ0) is 13.3. The fourth-order valence-electron chi connectivity index (χ4n) is 1.80. The van der Waals surface area contributed by atoms with E-state index in [9.17, 15) is 4.39 Å². The first kappa shape index (κ1) is 12.4. The largest absolute Gasteiger partial charge is 0.496 e. The van der Waals surface area contributed by atoms with Crippen molar-refractivity contribution in [3.8, 4) is 17.0 Å². The van der Waals surface area contributed by atoms with Crippen LogP contribution in [0.5, 0.6) is 5.75 Å². The molecule has 0 saturated carbocycles. The molecular formula is C13H15FN2O2. The van der Waals surface area contributed by atoms with Crippen molar-refractivity contribution in [2.45, 2.75) is 19.8 Å². The van der Waals surface area contributed by atoms with Crippen LogP contribution in [0.3, 0.4) is 0 Å². The Kier molecular flexibility index (Phi) is 3.23. The molecule has 0 atom stereocenters. The second-order valence-corrected chi connectivity index (χ2v) is 4.34. The molecular weight excluding hydrogens is 235 g/mol. The SMILES string of the molecule is COc1cc(F)c(C(C)C)cc1-c1cc(N)on1. The lowest BCUT2D eigenvalue weighted by Crippen LogP contribution is -1.97. The van der Waals surface area contributed by atoms with Crippen molar-refractivity contribution in [1.82, 2.24) is 5.16 Å². The number of ether oxygens (including phenoxy) is 1. The van der Waals surface area contributed by atoms with Gasteiger partial charge in [-0.3, -0.25) is 0 Å². The molecule has 1 aromatic heterocycles. The Morgan fingerprint density at radius 1 is 1.33 bits per heavy atom. The number of hydrogen-bond acceptors (Lipinski definition) is 4. The molecule has 0 bridgehead atoms. The van der Waals surface area contributed by atoms with Crippen molar-refractivity contribution in [2.24, 2.45) is 0 Å². The van der Waals surface area contributed by atoms with E-state index < -0.39 is 0 Å². The number of methoxy groups -OCH3 is 1. The molecule has 0 unspecified atom stereocenters. The Morgan fingerprint density at radius 3 is 2.56 bits per heavy atom. The van der Waals surface area contributed by atoms with Crippen LogP contribution >= 0.6 is 0 Å². The van der Waals surface area contributed by atoms with Gasteiger partial charge in [-0.05, 0) is 17.5 Å². The Bertz CT molecular complexity index is 564. The summed E-state index contributed by atoms with van der Waals surface area (Å²) in [5.74, 6) is 0.397. The lowest BCUT2D eigenvalue weighted by atomic mass is 9.98. The second kappa shape index (κ2) is 4.68. The van der Waals surface area contributed by atoms with E-state index in [1.165, 1.54) is 13.2 Å². The van der Waals surface area contributed by atoms with Crippen LogP contribution in [0.4, 0.5) is 10.3 Å². The molecule has 1 aromatic carbocycles. The van der Waals surface area contributed by atoms with Gasteiger partial charge >= 0.3 is 0 Å².